The summed E-state index contributed by atoms with van der Waals surface area (Å²) in [6.45, 7) is 6.86. The van der Waals surface area contributed by atoms with E-state index < -0.39 is 0 Å². The van der Waals surface area contributed by atoms with Crippen molar-refractivity contribution < 1.29 is 4.74 Å². The molecule has 0 aromatic carbocycles. The monoisotopic (exact) mass is 167 g/mol. The van der Waals surface area contributed by atoms with Crippen LogP contribution in [0, 0.1) is 6.20 Å². The van der Waals surface area contributed by atoms with Crippen molar-refractivity contribution in [3.05, 3.63) is 11.8 Å². The van der Waals surface area contributed by atoms with Crippen molar-refractivity contribution in [2.45, 2.75) is 26.7 Å². The van der Waals surface area contributed by atoms with Crippen molar-refractivity contribution in [1.82, 2.24) is 9.78 Å². The normalized spacial score (nSPS) is 10.8. The Morgan fingerprint density at radius 3 is 2.75 bits per heavy atom. The fourth-order valence-corrected chi connectivity index (χ4v) is 1.08. The molecule has 1 aromatic heterocycles. The second-order valence-electron chi connectivity index (χ2n) is 3.04. The van der Waals surface area contributed by atoms with Gasteiger partial charge in [-0.1, -0.05) is 13.8 Å². The zero-order chi connectivity index (χ0) is 9.14. The molecule has 0 unspecified atom stereocenters. The van der Waals surface area contributed by atoms with E-state index in [0.717, 1.165) is 11.4 Å². The maximum absolute atomic E-state index is 5.44. The number of nitrogens with zero attached hydrogens (tertiary/aromatic N) is 2. The summed E-state index contributed by atoms with van der Waals surface area (Å²) in [4.78, 5) is 0. The number of aryl methyl sites for hydroxylation is 1. The molecule has 0 saturated carbocycles. The Bertz CT molecular complexity index is 253. The molecule has 0 amide bonds. The Balaban J connectivity index is 2.95. The second-order valence-corrected chi connectivity index (χ2v) is 3.04. The van der Waals surface area contributed by atoms with Crippen LogP contribution in [0.15, 0.2) is 0 Å². The molecule has 0 saturated heterocycles. The lowest BCUT2D eigenvalue weighted by atomic mass is 10.1. The standard InChI is InChI=1S/C9H15N2O/c1-5-12-9-8(7(2)3)6-10-11(9)4/h7H,5H2,1-4H3. The van der Waals surface area contributed by atoms with Crippen molar-refractivity contribution in [3.8, 4) is 5.88 Å². The first-order chi connectivity index (χ1) is 5.66. The van der Waals surface area contributed by atoms with Gasteiger partial charge in [-0.3, -0.25) is 0 Å². The molecule has 3 nitrogen and oxygen atoms in total. The number of hydrogen-bond acceptors (Lipinski definition) is 2. The van der Waals surface area contributed by atoms with Crippen LogP contribution in [0.4, 0.5) is 0 Å². The Labute approximate surface area is 73.3 Å². The molecular weight excluding hydrogens is 152 g/mol. The number of hydrogen-bond donors (Lipinski definition) is 0. The van der Waals surface area contributed by atoms with Gasteiger partial charge in [-0.25, -0.2) is 4.68 Å². The third-order valence-corrected chi connectivity index (χ3v) is 1.70. The molecule has 1 aromatic rings. The number of aromatic nitrogens is 2. The maximum Gasteiger partial charge on any atom is 0.215 e. The van der Waals surface area contributed by atoms with E-state index in [0.29, 0.717) is 12.5 Å². The maximum atomic E-state index is 5.44. The van der Waals surface area contributed by atoms with Crippen LogP contribution in [0.1, 0.15) is 32.3 Å². The van der Waals surface area contributed by atoms with E-state index in [1.54, 1.807) is 4.68 Å². The molecule has 1 rings (SSSR count). The van der Waals surface area contributed by atoms with Crippen LogP contribution in [-0.2, 0) is 7.05 Å². The summed E-state index contributed by atoms with van der Waals surface area (Å²) in [7, 11) is 1.87. The minimum absolute atomic E-state index is 0.417. The minimum atomic E-state index is 0.417. The molecule has 12 heavy (non-hydrogen) atoms. The van der Waals surface area contributed by atoms with E-state index in [4.69, 9.17) is 4.74 Å². The lowest BCUT2D eigenvalue weighted by Crippen LogP contribution is -2.01. The highest BCUT2D eigenvalue weighted by Gasteiger charge is 2.12. The van der Waals surface area contributed by atoms with Crippen molar-refractivity contribution in [2.75, 3.05) is 6.61 Å². The molecule has 0 aliphatic rings. The summed E-state index contributed by atoms with van der Waals surface area (Å²) in [5.41, 5.74) is 1.05. The van der Waals surface area contributed by atoms with Gasteiger partial charge >= 0.3 is 0 Å². The average molecular weight is 167 g/mol. The fourth-order valence-electron chi connectivity index (χ4n) is 1.08. The lowest BCUT2D eigenvalue weighted by Gasteiger charge is -2.07. The van der Waals surface area contributed by atoms with Gasteiger partial charge in [0, 0.05) is 12.6 Å². The number of rotatable bonds is 3. The first-order valence-corrected chi connectivity index (χ1v) is 4.24. The second kappa shape index (κ2) is 3.61. The summed E-state index contributed by atoms with van der Waals surface area (Å²) in [5.74, 6) is 1.26. The summed E-state index contributed by atoms with van der Waals surface area (Å²) in [5, 5.41) is 4.02. The van der Waals surface area contributed by atoms with Crippen molar-refractivity contribution in [3.63, 3.8) is 0 Å². The van der Waals surface area contributed by atoms with E-state index in [1.807, 2.05) is 14.0 Å². The summed E-state index contributed by atoms with van der Waals surface area (Å²) in [6, 6.07) is 0. The van der Waals surface area contributed by atoms with Gasteiger partial charge in [0.2, 0.25) is 5.88 Å². The van der Waals surface area contributed by atoms with Crippen molar-refractivity contribution in [2.24, 2.45) is 7.05 Å². The van der Waals surface area contributed by atoms with Gasteiger partial charge < -0.3 is 4.74 Å². The zero-order valence-electron chi connectivity index (χ0n) is 8.09. The SMILES string of the molecule is CCOc1c(C(C)C)[c]nn1C. The third kappa shape index (κ3) is 1.60. The van der Waals surface area contributed by atoms with Gasteiger partial charge in [0.1, 0.15) is 6.20 Å². The molecule has 0 bridgehead atoms. The fraction of sp³-hybridized carbons (Fsp3) is 0.667. The molecule has 1 radical (unpaired) electrons. The molecule has 0 N–H and O–H groups in total. The van der Waals surface area contributed by atoms with Crippen LogP contribution in [0.25, 0.3) is 0 Å². The van der Waals surface area contributed by atoms with E-state index in [-0.39, 0.29) is 0 Å². The topological polar surface area (TPSA) is 27.1 Å². The summed E-state index contributed by atoms with van der Waals surface area (Å²) >= 11 is 0. The summed E-state index contributed by atoms with van der Waals surface area (Å²) in [6.07, 6.45) is 2.95. The quantitative estimate of drug-likeness (QED) is 0.685. The highest BCUT2D eigenvalue weighted by Crippen LogP contribution is 2.24. The van der Waals surface area contributed by atoms with E-state index in [1.165, 1.54) is 0 Å². The third-order valence-electron chi connectivity index (χ3n) is 1.70. The van der Waals surface area contributed by atoms with E-state index in [2.05, 4.69) is 25.1 Å². The molecule has 0 aliphatic carbocycles. The van der Waals surface area contributed by atoms with Gasteiger partial charge in [-0.2, -0.15) is 5.10 Å². The predicted octanol–water partition coefficient (Wildman–Crippen LogP) is 1.74. The first kappa shape index (κ1) is 9.10. The largest absolute Gasteiger partial charge is 0.478 e. The Kier molecular flexibility index (Phi) is 2.74. The lowest BCUT2D eigenvalue weighted by molar-refractivity contribution is 0.305. The molecular formula is C9H15N2O. The Hall–Kier alpha value is -0.990. The highest BCUT2D eigenvalue weighted by molar-refractivity contribution is 5.26. The Morgan fingerprint density at radius 1 is 1.58 bits per heavy atom. The Morgan fingerprint density at radius 2 is 2.25 bits per heavy atom. The van der Waals surface area contributed by atoms with Gasteiger partial charge in [0.05, 0.1) is 6.61 Å². The molecule has 3 heteroatoms. The smallest absolute Gasteiger partial charge is 0.215 e. The van der Waals surface area contributed by atoms with Crippen LogP contribution < -0.4 is 4.74 Å². The molecule has 0 spiro atoms. The highest BCUT2D eigenvalue weighted by atomic mass is 16.5. The van der Waals surface area contributed by atoms with Crippen LogP contribution in [-0.4, -0.2) is 16.4 Å². The molecule has 67 valence electrons. The molecule has 1 heterocycles. The average Bonchev–Trinajstić information content (AvgIpc) is 2.34. The molecule has 0 fully saturated rings. The van der Waals surface area contributed by atoms with Crippen molar-refractivity contribution >= 4 is 0 Å². The van der Waals surface area contributed by atoms with Crippen molar-refractivity contribution in [1.29, 1.82) is 0 Å². The van der Waals surface area contributed by atoms with Gasteiger partial charge in [-0.05, 0) is 12.8 Å². The summed E-state index contributed by atoms with van der Waals surface area (Å²) < 4.78 is 7.16. The zero-order valence-corrected chi connectivity index (χ0v) is 8.09. The first-order valence-electron chi connectivity index (χ1n) is 4.24. The van der Waals surface area contributed by atoms with Gasteiger partial charge in [0.15, 0.2) is 0 Å². The van der Waals surface area contributed by atoms with Crippen LogP contribution in [0.5, 0.6) is 5.88 Å². The van der Waals surface area contributed by atoms with E-state index in [9.17, 15) is 0 Å². The minimum Gasteiger partial charge on any atom is -0.478 e. The van der Waals surface area contributed by atoms with Crippen LogP contribution >= 0.6 is 0 Å². The number of ether oxygens (including phenoxy) is 1. The molecule has 0 atom stereocenters. The molecule has 0 aliphatic heterocycles. The van der Waals surface area contributed by atoms with Crippen LogP contribution in [0.2, 0.25) is 0 Å². The van der Waals surface area contributed by atoms with Gasteiger partial charge in [-0.15, -0.1) is 0 Å². The van der Waals surface area contributed by atoms with Gasteiger partial charge in [0.25, 0.3) is 0 Å². The predicted molar refractivity (Wildman–Crippen MR) is 47.3 cm³/mol. The van der Waals surface area contributed by atoms with Crippen LogP contribution in [0.3, 0.4) is 0 Å². The van der Waals surface area contributed by atoms with E-state index >= 15 is 0 Å².